The molecule has 0 aliphatic carbocycles. The van der Waals surface area contributed by atoms with Gasteiger partial charge in [0.2, 0.25) is 0 Å². The Morgan fingerprint density at radius 3 is 2.54 bits per heavy atom. The SMILES string of the molecule is COCCN(CCOC)Cc1cccc(-c2nc(C(=O)O)cs2)c1. The first-order valence-corrected chi connectivity index (χ1v) is 8.50. The number of nitrogens with zero attached hydrogens (tertiary/aromatic N) is 2. The van der Waals surface area contributed by atoms with Gasteiger partial charge in [0.15, 0.2) is 5.69 Å². The van der Waals surface area contributed by atoms with Crippen LogP contribution in [0.5, 0.6) is 0 Å². The van der Waals surface area contributed by atoms with E-state index in [1.165, 1.54) is 11.3 Å². The Bertz CT molecular complexity index is 652. The van der Waals surface area contributed by atoms with Crippen molar-refractivity contribution in [1.82, 2.24) is 9.88 Å². The third-order valence-electron chi connectivity index (χ3n) is 3.53. The quantitative estimate of drug-likeness (QED) is 0.710. The average Bonchev–Trinajstić information content (AvgIpc) is 3.08. The van der Waals surface area contributed by atoms with Gasteiger partial charge in [-0.15, -0.1) is 11.3 Å². The molecule has 0 aliphatic rings. The molecule has 0 spiro atoms. The fourth-order valence-electron chi connectivity index (χ4n) is 2.28. The van der Waals surface area contributed by atoms with Crippen LogP contribution in [0.25, 0.3) is 10.6 Å². The van der Waals surface area contributed by atoms with Crippen molar-refractivity contribution < 1.29 is 19.4 Å². The van der Waals surface area contributed by atoms with E-state index in [9.17, 15) is 4.79 Å². The van der Waals surface area contributed by atoms with Crippen molar-refractivity contribution in [3.63, 3.8) is 0 Å². The molecule has 0 unspecified atom stereocenters. The third-order valence-corrected chi connectivity index (χ3v) is 4.42. The molecule has 0 radical (unpaired) electrons. The van der Waals surface area contributed by atoms with Crippen molar-refractivity contribution in [3.8, 4) is 10.6 Å². The summed E-state index contributed by atoms with van der Waals surface area (Å²) in [4.78, 5) is 17.4. The lowest BCUT2D eigenvalue weighted by molar-refractivity contribution is 0.0691. The zero-order valence-electron chi connectivity index (χ0n) is 13.9. The van der Waals surface area contributed by atoms with Crippen molar-refractivity contribution in [2.24, 2.45) is 0 Å². The fourth-order valence-corrected chi connectivity index (χ4v) is 3.07. The summed E-state index contributed by atoms with van der Waals surface area (Å²) in [5, 5.41) is 11.3. The lowest BCUT2D eigenvalue weighted by Crippen LogP contribution is -2.30. The van der Waals surface area contributed by atoms with E-state index in [2.05, 4.69) is 22.0 Å². The second kappa shape index (κ2) is 9.48. The molecule has 0 aliphatic heterocycles. The van der Waals surface area contributed by atoms with Gasteiger partial charge in [-0.1, -0.05) is 18.2 Å². The predicted octanol–water partition coefficient (Wildman–Crippen LogP) is 2.60. The molecule has 1 aromatic heterocycles. The molecule has 0 saturated carbocycles. The van der Waals surface area contributed by atoms with Crippen LogP contribution in [0.1, 0.15) is 16.1 Å². The van der Waals surface area contributed by atoms with Crippen LogP contribution in [-0.4, -0.2) is 61.5 Å². The number of carboxylic acid groups (broad SMARTS) is 1. The highest BCUT2D eigenvalue weighted by Gasteiger charge is 2.11. The molecule has 0 atom stereocenters. The monoisotopic (exact) mass is 350 g/mol. The lowest BCUT2D eigenvalue weighted by atomic mass is 10.1. The molecule has 0 amide bonds. The zero-order chi connectivity index (χ0) is 17.4. The van der Waals surface area contributed by atoms with Crippen molar-refractivity contribution in [3.05, 3.63) is 40.9 Å². The predicted molar refractivity (Wildman–Crippen MR) is 93.5 cm³/mol. The lowest BCUT2D eigenvalue weighted by Gasteiger charge is -2.21. The van der Waals surface area contributed by atoms with Crippen LogP contribution in [0.2, 0.25) is 0 Å². The highest BCUT2D eigenvalue weighted by Crippen LogP contribution is 2.25. The van der Waals surface area contributed by atoms with Crippen molar-refractivity contribution in [2.75, 3.05) is 40.5 Å². The first-order chi connectivity index (χ1) is 11.6. The highest BCUT2D eigenvalue weighted by atomic mass is 32.1. The number of methoxy groups -OCH3 is 2. The number of aromatic carboxylic acids is 1. The minimum absolute atomic E-state index is 0.0854. The Labute approximate surface area is 145 Å². The summed E-state index contributed by atoms with van der Waals surface area (Å²) in [5.74, 6) is -1.00. The fraction of sp³-hybridized carbons (Fsp3) is 0.412. The molecule has 0 fully saturated rings. The van der Waals surface area contributed by atoms with Crippen molar-refractivity contribution in [2.45, 2.75) is 6.54 Å². The molecular formula is C17H22N2O4S. The molecule has 2 rings (SSSR count). The van der Waals surface area contributed by atoms with Crippen LogP contribution in [0.15, 0.2) is 29.6 Å². The van der Waals surface area contributed by atoms with E-state index < -0.39 is 5.97 Å². The molecule has 6 nitrogen and oxygen atoms in total. The summed E-state index contributed by atoms with van der Waals surface area (Å²) in [6, 6.07) is 8.03. The number of benzene rings is 1. The van der Waals surface area contributed by atoms with E-state index in [0.717, 1.165) is 35.8 Å². The maximum atomic E-state index is 11.0. The zero-order valence-corrected chi connectivity index (χ0v) is 14.7. The van der Waals surface area contributed by atoms with Gasteiger partial charge in [-0.2, -0.15) is 0 Å². The molecule has 7 heteroatoms. The molecule has 0 saturated heterocycles. The van der Waals surface area contributed by atoms with Gasteiger partial charge in [0.25, 0.3) is 0 Å². The summed E-state index contributed by atoms with van der Waals surface area (Å²) in [7, 11) is 3.38. The molecule has 2 aromatic rings. The van der Waals surface area contributed by atoms with E-state index >= 15 is 0 Å². The summed E-state index contributed by atoms with van der Waals surface area (Å²) >= 11 is 1.34. The summed E-state index contributed by atoms with van der Waals surface area (Å²) in [5.41, 5.74) is 2.16. The van der Waals surface area contributed by atoms with Crippen LogP contribution < -0.4 is 0 Å². The van der Waals surface area contributed by atoms with Gasteiger partial charge in [-0.25, -0.2) is 9.78 Å². The maximum Gasteiger partial charge on any atom is 0.355 e. The van der Waals surface area contributed by atoms with Crippen molar-refractivity contribution >= 4 is 17.3 Å². The van der Waals surface area contributed by atoms with E-state index in [1.807, 2.05) is 12.1 Å². The largest absolute Gasteiger partial charge is 0.476 e. The van der Waals surface area contributed by atoms with Gasteiger partial charge < -0.3 is 14.6 Å². The molecule has 1 heterocycles. The number of carboxylic acids is 1. The van der Waals surface area contributed by atoms with Gasteiger partial charge in [-0.05, 0) is 11.6 Å². The van der Waals surface area contributed by atoms with Gasteiger partial charge in [-0.3, -0.25) is 4.90 Å². The van der Waals surface area contributed by atoms with Crippen LogP contribution in [0.4, 0.5) is 0 Å². The first-order valence-electron chi connectivity index (χ1n) is 7.62. The second-order valence-electron chi connectivity index (χ2n) is 5.31. The molecule has 1 N–H and O–H groups in total. The van der Waals surface area contributed by atoms with Crippen LogP contribution in [-0.2, 0) is 16.0 Å². The highest BCUT2D eigenvalue weighted by molar-refractivity contribution is 7.13. The van der Waals surface area contributed by atoms with Gasteiger partial charge in [0, 0.05) is 44.8 Å². The normalized spacial score (nSPS) is 11.1. The standard InChI is InChI=1S/C17H22N2O4S/c1-22-8-6-19(7-9-23-2)11-13-4-3-5-14(10-13)16-18-15(12-24-16)17(20)21/h3-5,10,12H,6-9,11H2,1-2H3,(H,20,21). The minimum atomic E-state index is -1.00. The topological polar surface area (TPSA) is 71.9 Å². The van der Waals surface area contributed by atoms with E-state index in [1.54, 1.807) is 19.6 Å². The Morgan fingerprint density at radius 2 is 1.96 bits per heavy atom. The van der Waals surface area contributed by atoms with Gasteiger partial charge in [0.1, 0.15) is 5.01 Å². The molecule has 130 valence electrons. The van der Waals surface area contributed by atoms with Gasteiger partial charge in [0.05, 0.1) is 13.2 Å². The summed E-state index contributed by atoms with van der Waals surface area (Å²) in [6.07, 6.45) is 0. The summed E-state index contributed by atoms with van der Waals surface area (Å²) in [6.45, 7) is 3.75. The number of aromatic nitrogens is 1. The van der Waals surface area contributed by atoms with E-state index in [0.29, 0.717) is 13.2 Å². The second-order valence-corrected chi connectivity index (χ2v) is 6.16. The average molecular weight is 350 g/mol. The number of hydrogen-bond acceptors (Lipinski definition) is 6. The Hall–Kier alpha value is -1.80. The number of hydrogen-bond donors (Lipinski definition) is 1. The van der Waals surface area contributed by atoms with Crippen molar-refractivity contribution in [1.29, 1.82) is 0 Å². The molecule has 0 bridgehead atoms. The summed E-state index contributed by atoms with van der Waals surface area (Å²) < 4.78 is 10.3. The maximum absolute atomic E-state index is 11.0. The van der Waals surface area contributed by atoms with Crippen LogP contribution >= 0.6 is 11.3 Å². The van der Waals surface area contributed by atoms with Crippen LogP contribution in [0.3, 0.4) is 0 Å². The number of ether oxygens (including phenoxy) is 2. The Kier molecular flexibility index (Phi) is 7.33. The Balaban J connectivity index is 2.10. The molecular weight excluding hydrogens is 328 g/mol. The smallest absolute Gasteiger partial charge is 0.355 e. The molecule has 1 aromatic carbocycles. The number of rotatable bonds is 10. The minimum Gasteiger partial charge on any atom is -0.476 e. The third kappa shape index (κ3) is 5.38. The number of thiazole rings is 1. The van der Waals surface area contributed by atoms with Crippen LogP contribution in [0, 0.1) is 0 Å². The van der Waals surface area contributed by atoms with E-state index in [-0.39, 0.29) is 5.69 Å². The van der Waals surface area contributed by atoms with E-state index in [4.69, 9.17) is 14.6 Å². The number of carbonyl (C=O) groups is 1. The Morgan fingerprint density at radius 1 is 1.25 bits per heavy atom. The first kappa shape index (κ1) is 18.5. The molecule has 24 heavy (non-hydrogen) atoms. The van der Waals surface area contributed by atoms with Gasteiger partial charge >= 0.3 is 5.97 Å².